The molecule has 0 bridgehead atoms. The van der Waals surface area contributed by atoms with Crippen LogP contribution in [0.2, 0.25) is 5.02 Å². The Labute approximate surface area is 130 Å². The monoisotopic (exact) mass is 314 g/mol. The van der Waals surface area contributed by atoms with Crippen molar-refractivity contribution in [1.29, 1.82) is 0 Å². The molecular formula is C15H23ClN2O3. The number of aliphatic hydroxyl groups excluding tert-OH is 1. The summed E-state index contributed by atoms with van der Waals surface area (Å²) in [6.07, 6.45) is -0.669. The summed E-state index contributed by atoms with van der Waals surface area (Å²) in [5, 5.41) is 13.3. The first-order valence-electron chi connectivity index (χ1n) is 6.91. The first-order valence-corrected chi connectivity index (χ1v) is 7.29. The Morgan fingerprint density at radius 2 is 2.00 bits per heavy atom. The lowest BCUT2D eigenvalue weighted by molar-refractivity contribution is -0.122. The third-order valence-electron chi connectivity index (χ3n) is 2.64. The largest absolute Gasteiger partial charge is 0.491 e. The fourth-order valence-electron chi connectivity index (χ4n) is 1.81. The van der Waals surface area contributed by atoms with Gasteiger partial charge in [-0.05, 0) is 45.2 Å². The fraction of sp³-hybridized carbons (Fsp3) is 0.533. The molecule has 0 heterocycles. The molecule has 0 aliphatic heterocycles. The van der Waals surface area contributed by atoms with Crippen molar-refractivity contribution in [3.05, 3.63) is 29.3 Å². The SMILES string of the molecule is CC(C)NC(=O)CN(C)C[C@H](O)COc1ccc(Cl)cc1. The highest BCUT2D eigenvalue weighted by atomic mass is 35.5. The van der Waals surface area contributed by atoms with Gasteiger partial charge in [0, 0.05) is 17.6 Å². The van der Waals surface area contributed by atoms with E-state index in [2.05, 4.69) is 5.32 Å². The highest BCUT2D eigenvalue weighted by Gasteiger charge is 2.12. The number of benzene rings is 1. The van der Waals surface area contributed by atoms with Gasteiger partial charge >= 0.3 is 0 Å². The molecule has 0 aliphatic carbocycles. The predicted octanol–water partition coefficient (Wildman–Crippen LogP) is 1.54. The average molecular weight is 315 g/mol. The van der Waals surface area contributed by atoms with Gasteiger partial charge in [0.25, 0.3) is 0 Å². The Kier molecular flexibility index (Phi) is 7.50. The van der Waals surface area contributed by atoms with Gasteiger partial charge in [0.15, 0.2) is 0 Å². The van der Waals surface area contributed by atoms with Crippen LogP contribution in [0.1, 0.15) is 13.8 Å². The number of amides is 1. The first kappa shape index (κ1) is 17.8. The molecule has 1 amide bonds. The van der Waals surface area contributed by atoms with Gasteiger partial charge in [-0.1, -0.05) is 11.6 Å². The Balaban J connectivity index is 2.27. The van der Waals surface area contributed by atoms with Crippen molar-refractivity contribution < 1.29 is 14.6 Å². The van der Waals surface area contributed by atoms with Gasteiger partial charge in [-0.15, -0.1) is 0 Å². The molecule has 1 aromatic rings. The van der Waals surface area contributed by atoms with Crippen molar-refractivity contribution in [3.8, 4) is 5.75 Å². The van der Waals surface area contributed by atoms with Crippen LogP contribution in [0.5, 0.6) is 5.75 Å². The summed E-state index contributed by atoms with van der Waals surface area (Å²) in [5.41, 5.74) is 0. The van der Waals surface area contributed by atoms with Gasteiger partial charge in [-0.3, -0.25) is 9.69 Å². The molecule has 5 nitrogen and oxygen atoms in total. The van der Waals surface area contributed by atoms with Gasteiger partial charge < -0.3 is 15.2 Å². The molecule has 0 spiro atoms. The average Bonchev–Trinajstić information content (AvgIpc) is 2.36. The molecule has 1 atom stereocenters. The Morgan fingerprint density at radius 3 is 2.57 bits per heavy atom. The number of halogens is 1. The van der Waals surface area contributed by atoms with Crippen LogP contribution >= 0.6 is 11.6 Å². The van der Waals surface area contributed by atoms with Crippen molar-refractivity contribution in [1.82, 2.24) is 10.2 Å². The maximum Gasteiger partial charge on any atom is 0.234 e. The highest BCUT2D eigenvalue weighted by molar-refractivity contribution is 6.30. The van der Waals surface area contributed by atoms with Gasteiger partial charge in [-0.25, -0.2) is 0 Å². The second-order valence-electron chi connectivity index (χ2n) is 5.34. The number of ether oxygens (including phenoxy) is 1. The number of aliphatic hydroxyl groups is 1. The number of carbonyl (C=O) groups is 1. The number of hydrogen-bond acceptors (Lipinski definition) is 4. The van der Waals surface area contributed by atoms with E-state index in [0.29, 0.717) is 17.3 Å². The van der Waals surface area contributed by atoms with Crippen LogP contribution in [0.3, 0.4) is 0 Å². The van der Waals surface area contributed by atoms with Gasteiger partial charge in [0.2, 0.25) is 5.91 Å². The third-order valence-corrected chi connectivity index (χ3v) is 2.89. The van der Waals surface area contributed by atoms with E-state index in [-0.39, 0.29) is 25.1 Å². The Morgan fingerprint density at radius 1 is 1.38 bits per heavy atom. The lowest BCUT2D eigenvalue weighted by Crippen LogP contribution is -2.42. The molecule has 1 aromatic carbocycles. The fourth-order valence-corrected chi connectivity index (χ4v) is 1.94. The van der Waals surface area contributed by atoms with Crippen molar-refractivity contribution in [2.75, 3.05) is 26.7 Å². The number of rotatable bonds is 8. The molecule has 0 aromatic heterocycles. The zero-order valence-corrected chi connectivity index (χ0v) is 13.4. The quantitative estimate of drug-likeness (QED) is 0.764. The molecular weight excluding hydrogens is 292 g/mol. The predicted molar refractivity (Wildman–Crippen MR) is 83.7 cm³/mol. The van der Waals surface area contributed by atoms with E-state index >= 15 is 0 Å². The first-order chi connectivity index (χ1) is 9.86. The zero-order chi connectivity index (χ0) is 15.8. The van der Waals surface area contributed by atoms with Crippen molar-refractivity contribution >= 4 is 17.5 Å². The lowest BCUT2D eigenvalue weighted by Gasteiger charge is -2.21. The standard InChI is InChI=1S/C15H23ClN2O3/c1-11(2)17-15(20)9-18(3)8-13(19)10-21-14-6-4-12(16)5-7-14/h4-7,11,13,19H,8-10H2,1-3H3,(H,17,20)/t13-/m0/s1. The molecule has 0 radical (unpaired) electrons. The Bertz CT molecular complexity index is 437. The molecule has 0 fully saturated rings. The third kappa shape index (κ3) is 7.90. The van der Waals surface area contributed by atoms with Crippen LogP contribution in [0, 0.1) is 0 Å². The molecule has 21 heavy (non-hydrogen) atoms. The molecule has 0 saturated carbocycles. The number of nitrogens with one attached hydrogen (secondary N) is 1. The zero-order valence-electron chi connectivity index (χ0n) is 12.7. The topological polar surface area (TPSA) is 61.8 Å². The smallest absolute Gasteiger partial charge is 0.234 e. The lowest BCUT2D eigenvalue weighted by atomic mass is 10.3. The molecule has 0 saturated heterocycles. The van der Waals surface area contributed by atoms with E-state index in [0.717, 1.165) is 0 Å². The summed E-state index contributed by atoms with van der Waals surface area (Å²) in [6.45, 7) is 4.59. The summed E-state index contributed by atoms with van der Waals surface area (Å²) < 4.78 is 5.46. The van der Waals surface area contributed by atoms with Crippen molar-refractivity contribution in [2.24, 2.45) is 0 Å². The highest BCUT2D eigenvalue weighted by Crippen LogP contribution is 2.15. The van der Waals surface area contributed by atoms with Crippen LogP contribution in [0.25, 0.3) is 0 Å². The molecule has 1 rings (SSSR count). The van der Waals surface area contributed by atoms with Crippen LogP contribution in [-0.4, -0.2) is 54.8 Å². The second-order valence-corrected chi connectivity index (χ2v) is 5.77. The maximum absolute atomic E-state index is 11.6. The summed E-state index contributed by atoms with van der Waals surface area (Å²) in [7, 11) is 1.78. The van der Waals surface area contributed by atoms with E-state index in [1.807, 2.05) is 13.8 Å². The van der Waals surface area contributed by atoms with E-state index in [9.17, 15) is 9.90 Å². The van der Waals surface area contributed by atoms with E-state index in [1.54, 1.807) is 36.2 Å². The van der Waals surface area contributed by atoms with Gasteiger partial charge in [0.1, 0.15) is 18.5 Å². The molecule has 6 heteroatoms. The van der Waals surface area contributed by atoms with E-state index in [1.165, 1.54) is 0 Å². The van der Waals surface area contributed by atoms with Gasteiger partial charge in [0.05, 0.1) is 6.54 Å². The number of likely N-dealkylation sites (N-methyl/N-ethyl adjacent to an activating group) is 1. The molecule has 2 N–H and O–H groups in total. The molecule has 0 unspecified atom stereocenters. The van der Waals surface area contributed by atoms with E-state index in [4.69, 9.17) is 16.3 Å². The molecule has 118 valence electrons. The van der Waals surface area contributed by atoms with Crippen LogP contribution in [-0.2, 0) is 4.79 Å². The summed E-state index contributed by atoms with van der Waals surface area (Å²) in [6, 6.07) is 7.06. The van der Waals surface area contributed by atoms with Crippen LogP contribution in [0.15, 0.2) is 24.3 Å². The Hall–Kier alpha value is -1.30. The van der Waals surface area contributed by atoms with Gasteiger partial charge in [-0.2, -0.15) is 0 Å². The van der Waals surface area contributed by atoms with Crippen molar-refractivity contribution in [2.45, 2.75) is 26.0 Å². The minimum absolute atomic E-state index is 0.0571. The summed E-state index contributed by atoms with van der Waals surface area (Å²) >= 11 is 5.78. The number of hydrogen-bond donors (Lipinski definition) is 2. The minimum Gasteiger partial charge on any atom is -0.491 e. The van der Waals surface area contributed by atoms with Crippen LogP contribution < -0.4 is 10.1 Å². The summed E-state index contributed by atoms with van der Waals surface area (Å²) in [5.74, 6) is 0.594. The number of carbonyl (C=O) groups excluding carboxylic acids is 1. The van der Waals surface area contributed by atoms with E-state index < -0.39 is 6.10 Å². The van der Waals surface area contributed by atoms with Crippen LogP contribution in [0.4, 0.5) is 0 Å². The minimum atomic E-state index is -0.669. The normalized spacial score (nSPS) is 12.5. The van der Waals surface area contributed by atoms with Crippen molar-refractivity contribution in [3.63, 3.8) is 0 Å². The second kappa shape index (κ2) is 8.87. The molecule has 0 aliphatic rings. The summed E-state index contributed by atoms with van der Waals surface area (Å²) in [4.78, 5) is 13.3. The maximum atomic E-state index is 11.6. The number of nitrogens with zero attached hydrogens (tertiary/aromatic N) is 1.